The fourth-order valence-electron chi connectivity index (χ4n) is 1.64. The van der Waals surface area contributed by atoms with E-state index in [4.69, 9.17) is 0 Å². The fraction of sp³-hybridized carbons (Fsp3) is 0.286. The van der Waals surface area contributed by atoms with Crippen molar-refractivity contribution in [1.29, 1.82) is 0 Å². The van der Waals surface area contributed by atoms with Crippen LogP contribution in [0.1, 0.15) is 11.8 Å². The smallest absolute Gasteiger partial charge is 0.136 e. The Morgan fingerprint density at radius 3 is 2.89 bits per heavy atom. The van der Waals surface area contributed by atoms with Crippen molar-refractivity contribution in [1.82, 2.24) is 5.32 Å². The summed E-state index contributed by atoms with van der Waals surface area (Å²) < 4.78 is 26.5. The maximum Gasteiger partial charge on any atom is 0.136 e. The maximum atomic E-state index is 13.5. The lowest BCUT2D eigenvalue weighted by Crippen LogP contribution is -2.21. The van der Waals surface area contributed by atoms with E-state index in [0.717, 1.165) is 19.2 Å². The van der Waals surface area contributed by atoms with Gasteiger partial charge >= 0.3 is 0 Å². The molecule has 0 fully saturated rings. The molecule has 1 nitrogen and oxygen atoms in total. The highest BCUT2D eigenvalue weighted by Gasteiger charge is 2.09. The lowest BCUT2D eigenvalue weighted by Gasteiger charge is -2.12. The molecule has 2 aromatic rings. The molecule has 2 rings (SSSR count). The van der Waals surface area contributed by atoms with Crippen molar-refractivity contribution >= 4 is 23.1 Å². The molecular formula is C14H15F2NS2. The molecule has 0 radical (unpaired) electrons. The molecule has 19 heavy (non-hydrogen) atoms. The molecule has 1 heterocycles. The van der Waals surface area contributed by atoms with Crippen molar-refractivity contribution < 1.29 is 8.78 Å². The predicted octanol–water partition coefficient (Wildman–Crippen LogP) is 4.30. The zero-order chi connectivity index (χ0) is 13.7. The van der Waals surface area contributed by atoms with Crippen LogP contribution in [0.4, 0.5) is 8.78 Å². The molecule has 0 aliphatic rings. The fourth-order valence-corrected chi connectivity index (χ4v) is 3.31. The maximum absolute atomic E-state index is 13.5. The molecule has 5 heteroatoms. The van der Waals surface area contributed by atoms with Gasteiger partial charge < -0.3 is 5.32 Å². The van der Waals surface area contributed by atoms with Gasteiger partial charge in [-0.1, -0.05) is 13.0 Å². The molecule has 0 amide bonds. The summed E-state index contributed by atoms with van der Waals surface area (Å²) in [5.74, 6) is -0.765. The molecule has 0 aliphatic heterocycles. The van der Waals surface area contributed by atoms with Crippen LogP contribution in [0, 0.1) is 11.6 Å². The van der Waals surface area contributed by atoms with Crippen LogP contribution >= 0.6 is 23.1 Å². The van der Waals surface area contributed by atoms with Crippen LogP contribution in [0.2, 0.25) is 0 Å². The Kier molecular flexibility index (Phi) is 5.36. The lowest BCUT2D eigenvalue weighted by molar-refractivity contribution is 0.576. The molecule has 1 aromatic heterocycles. The van der Waals surface area contributed by atoms with Gasteiger partial charge in [0.25, 0.3) is 0 Å². The van der Waals surface area contributed by atoms with E-state index in [-0.39, 0.29) is 11.1 Å². The summed E-state index contributed by atoms with van der Waals surface area (Å²) in [6, 6.07) is 7.64. The average Bonchev–Trinajstić information content (AvgIpc) is 2.87. The molecule has 0 spiro atoms. The highest BCUT2D eigenvalue weighted by Crippen LogP contribution is 2.26. The monoisotopic (exact) mass is 299 g/mol. The van der Waals surface area contributed by atoms with Gasteiger partial charge in [0.2, 0.25) is 0 Å². The Labute approximate surface area is 120 Å². The third kappa shape index (κ3) is 4.60. The largest absolute Gasteiger partial charge is 0.311 e. The van der Waals surface area contributed by atoms with E-state index < -0.39 is 5.82 Å². The second-order valence-electron chi connectivity index (χ2n) is 4.21. The van der Waals surface area contributed by atoms with E-state index >= 15 is 0 Å². The Hall–Kier alpha value is -0.910. The molecule has 1 atom stereocenters. The van der Waals surface area contributed by atoms with E-state index in [2.05, 4.69) is 11.4 Å². The predicted molar refractivity (Wildman–Crippen MR) is 77.7 cm³/mol. The third-order valence-corrected chi connectivity index (χ3v) is 4.54. The normalized spacial score (nSPS) is 12.6. The van der Waals surface area contributed by atoms with Crippen molar-refractivity contribution in [3.8, 4) is 0 Å². The van der Waals surface area contributed by atoms with Crippen molar-refractivity contribution in [2.24, 2.45) is 0 Å². The molecule has 0 saturated carbocycles. The van der Waals surface area contributed by atoms with Crippen LogP contribution in [-0.4, -0.2) is 11.8 Å². The van der Waals surface area contributed by atoms with Crippen molar-refractivity contribution in [3.05, 3.63) is 52.2 Å². The van der Waals surface area contributed by atoms with Gasteiger partial charge in [0.15, 0.2) is 0 Å². The standard InChI is InChI=1S/C14H15F2NS2/c1-10(8-17-9-12-3-2-6-18-12)19-14-7-11(15)4-5-13(14)16/h2-7,10,17H,8-9H2,1H3. The van der Waals surface area contributed by atoms with Crippen LogP contribution in [0.3, 0.4) is 0 Å². The van der Waals surface area contributed by atoms with Crippen LogP contribution in [0.25, 0.3) is 0 Å². The third-order valence-electron chi connectivity index (χ3n) is 2.53. The first-order chi connectivity index (χ1) is 9.15. The van der Waals surface area contributed by atoms with E-state index in [1.807, 2.05) is 18.4 Å². The molecule has 102 valence electrons. The number of benzene rings is 1. The van der Waals surface area contributed by atoms with Crippen molar-refractivity contribution in [2.75, 3.05) is 6.54 Å². The molecule has 1 N–H and O–H groups in total. The number of nitrogens with one attached hydrogen (secondary N) is 1. The number of hydrogen-bond acceptors (Lipinski definition) is 3. The number of thioether (sulfide) groups is 1. The summed E-state index contributed by atoms with van der Waals surface area (Å²) in [7, 11) is 0. The number of hydrogen-bond donors (Lipinski definition) is 1. The second kappa shape index (κ2) is 7.03. The van der Waals surface area contributed by atoms with Gasteiger partial charge in [-0.3, -0.25) is 0 Å². The summed E-state index contributed by atoms with van der Waals surface area (Å²) in [6.07, 6.45) is 0. The van der Waals surface area contributed by atoms with Gasteiger partial charge in [-0.25, -0.2) is 8.78 Å². The van der Waals surface area contributed by atoms with E-state index in [1.54, 1.807) is 11.3 Å². The first-order valence-corrected chi connectivity index (χ1v) is 7.76. The quantitative estimate of drug-likeness (QED) is 0.798. The van der Waals surface area contributed by atoms with Gasteiger partial charge in [0.05, 0.1) is 0 Å². The average molecular weight is 299 g/mol. The summed E-state index contributed by atoms with van der Waals surface area (Å²) in [5, 5.41) is 5.53. The van der Waals surface area contributed by atoms with E-state index in [9.17, 15) is 8.78 Å². The molecule has 0 aliphatic carbocycles. The van der Waals surface area contributed by atoms with Crippen LogP contribution in [-0.2, 0) is 6.54 Å². The SMILES string of the molecule is CC(CNCc1cccs1)Sc1cc(F)ccc1F. The first-order valence-electron chi connectivity index (χ1n) is 6.00. The van der Waals surface area contributed by atoms with Crippen molar-refractivity contribution in [3.63, 3.8) is 0 Å². The highest BCUT2D eigenvalue weighted by atomic mass is 32.2. The zero-order valence-electron chi connectivity index (χ0n) is 10.5. The molecule has 0 saturated heterocycles. The summed E-state index contributed by atoms with van der Waals surface area (Å²) in [5.41, 5.74) is 0. The van der Waals surface area contributed by atoms with E-state index in [1.165, 1.54) is 28.8 Å². The van der Waals surface area contributed by atoms with Gasteiger partial charge in [-0.15, -0.1) is 23.1 Å². The van der Waals surface area contributed by atoms with Gasteiger partial charge in [-0.2, -0.15) is 0 Å². The Morgan fingerprint density at radius 2 is 2.16 bits per heavy atom. The highest BCUT2D eigenvalue weighted by molar-refractivity contribution is 8.00. The van der Waals surface area contributed by atoms with Gasteiger partial charge in [-0.05, 0) is 29.6 Å². The van der Waals surface area contributed by atoms with Gasteiger partial charge in [0.1, 0.15) is 11.6 Å². The Morgan fingerprint density at radius 1 is 1.32 bits per heavy atom. The molecule has 1 aromatic carbocycles. The summed E-state index contributed by atoms with van der Waals surface area (Å²) in [4.78, 5) is 1.64. The van der Waals surface area contributed by atoms with Gasteiger partial charge in [0, 0.05) is 28.1 Å². The topological polar surface area (TPSA) is 12.0 Å². The molecular weight excluding hydrogens is 284 g/mol. The van der Waals surface area contributed by atoms with E-state index in [0.29, 0.717) is 4.90 Å². The first kappa shape index (κ1) is 14.5. The zero-order valence-corrected chi connectivity index (χ0v) is 12.2. The van der Waals surface area contributed by atoms with Crippen LogP contribution < -0.4 is 5.32 Å². The molecule has 1 unspecified atom stereocenters. The number of halogens is 2. The summed E-state index contributed by atoms with van der Waals surface area (Å²) >= 11 is 3.05. The van der Waals surface area contributed by atoms with Crippen molar-refractivity contribution in [2.45, 2.75) is 23.6 Å². The van der Waals surface area contributed by atoms with Crippen LogP contribution in [0.5, 0.6) is 0 Å². The number of rotatable bonds is 6. The Bertz CT molecular complexity index is 514. The molecule has 0 bridgehead atoms. The minimum atomic E-state index is -0.400. The lowest BCUT2D eigenvalue weighted by atomic mass is 10.3. The van der Waals surface area contributed by atoms with Crippen LogP contribution in [0.15, 0.2) is 40.6 Å². The summed E-state index contributed by atoms with van der Waals surface area (Å²) in [6.45, 7) is 3.56. The minimum Gasteiger partial charge on any atom is -0.311 e. The number of thiophene rings is 1. The second-order valence-corrected chi connectivity index (χ2v) is 6.73. The minimum absolute atomic E-state index is 0.177. The Balaban J connectivity index is 1.80.